The molecule has 0 radical (unpaired) electrons. The highest BCUT2D eigenvalue weighted by Crippen LogP contribution is 2.23. The maximum atomic E-state index is 12.5. The third-order valence-corrected chi connectivity index (χ3v) is 5.42. The van der Waals surface area contributed by atoms with Gasteiger partial charge < -0.3 is 15.4 Å². The lowest BCUT2D eigenvalue weighted by molar-refractivity contribution is -0.127. The van der Waals surface area contributed by atoms with Gasteiger partial charge in [0.05, 0.1) is 12.6 Å². The quantitative estimate of drug-likeness (QED) is 0.806. The zero-order valence-corrected chi connectivity index (χ0v) is 15.3. The number of nitrogens with one attached hydrogen (secondary N) is 2. The van der Waals surface area contributed by atoms with Gasteiger partial charge in [-0.05, 0) is 58.3 Å². The van der Waals surface area contributed by atoms with Crippen LogP contribution in [-0.2, 0) is 9.53 Å². The van der Waals surface area contributed by atoms with Crippen molar-refractivity contribution in [2.75, 3.05) is 19.7 Å². The van der Waals surface area contributed by atoms with Gasteiger partial charge in [0.1, 0.15) is 0 Å². The van der Waals surface area contributed by atoms with Crippen molar-refractivity contribution in [2.45, 2.75) is 77.4 Å². The van der Waals surface area contributed by atoms with E-state index >= 15 is 0 Å². The molecular formula is C18H33N3O3. The first-order valence-corrected chi connectivity index (χ1v) is 9.47. The van der Waals surface area contributed by atoms with E-state index in [0.29, 0.717) is 12.6 Å². The van der Waals surface area contributed by atoms with E-state index in [0.717, 1.165) is 44.7 Å². The van der Waals surface area contributed by atoms with Crippen molar-refractivity contribution in [1.29, 1.82) is 0 Å². The molecule has 0 spiro atoms. The molecule has 1 aliphatic heterocycles. The molecule has 0 aromatic carbocycles. The molecule has 1 heterocycles. The van der Waals surface area contributed by atoms with Crippen LogP contribution in [-0.4, -0.2) is 54.7 Å². The maximum absolute atomic E-state index is 12.5. The number of carbonyl (C=O) groups is 2. The average molecular weight is 339 g/mol. The van der Waals surface area contributed by atoms with Gasteiger partial charge in [0.25, 0.3) is 0 Å². The first-order chi connectivity index (χ1) is 11.5. The number of amides is 2. The number of piperidine rings is 1. The lowest BCUT2D eigenvalue weighted by Crippen LogP contribution is -2.53. The molecule has 0 aromatic heterocycles. The SMILES string of the molecule is CCOC(=O)NC1CCN([C@H](C)C(=O)NC2CCC(C)CC2)CC1. The predicted octanol–water partition coefficient (Wildman–Crippen LogP) is 2.28. The van der Waals surface area contributed by atoms with Crippen LogP contribution < -0.4 is 10.6 Å². The van der Waals surface area contributed by atoms with Gasteiger partial charge in [-0.15, -0.1) is 0 Å². The van der Waals surface area contributed by atoms with Crippen LogP contribution >= 0.6 is 0 Å². The van der Waals surface area contributed by atoms with Crippen molar-refractivity contribution in [1.82, 2.24) is 15.5 Å². The van der Waals surface area contributed by atoms with Crippen molar-refractivity contribution in [3.8, 4) is 0 Å². The van der Waals surface area contributed by atoms with E-state index < -0.39 is 0 Å². The Morgan fingerprint density at radius 3 is 2.21 bits per heavy atom. The van der Waals surface area contributed by atoms with Crippen LogP contribution in [0, 0.1) is 5.92 Å². The predicted molar refractivity (Wildman–Crippen MR) is 93.8 cm³/mol. The van der Waals surface area contributed by atoms with Crippen LogP contribution in [0.2, 0.25) is 0 Å². The largest absolute Gasteiger partial charge is 0.450 e. The summed E-state index contributed by atoms with van der Waals surface area (Å²) in [6, 6.07) is 0.391. The molecule has 1 atom stereocenters. The summed E-state index contributed by atoms with van der Waals surface area (Å²) >= 11 is 0. The smallest absolute Gasteiger partial charge is 0.407 e. The third kappa shape index (κ3) is 5.65. The number of rotatable bonds is 5. The maximum Gasteiger partial charge on any atom is 0.407 e. The van der Waals surface area contributed by atoms with Gasteiger partial charge in [-0.3, -0.25) is 9.69 Å². The molecule has 2 rings (SSSR count). The molecule has 0 bridgehead atoms. The van der Waals surface area contributed by atoms with Crippen LogP contribution in [0.25, 0.3) is 0 Å². The molecule has 1 aliphatic carbocycles. The Kier molecular flexibility index (Phi) is 7.34. The minimum atomic E-state index is -0.340. The Hall–Kier alpha value is -1.30. The van der Waals surface area contributed by atoms with E-state index in [-0.39, 0.29) is 24.1 Å². The number of carbonyl (C=O) groups excluding carboxylic acids is 2. The molecule has 6 nitrogen and oxygen atoms in total. The Balaban J connectivity index is 1.70. The fraction of sp³-hybridized carbons (Fsp3) is 0.889. The Labute approximate surface area is 145 Å². The summed E-state index contributed by atoms with van der Waals surface area (Å²) < 4.78 is 4.92. The van der Waals surface area contributed by atoms with Crippen molar-refractivity contribution < 1.29 is 14.3 Å². The summed E-state index contributed by atoms with van der Waals surface area (Å²) in [5.41, 5.74) is 0. The monoisotopic (exact) mass is 339 g/mol. The minimum Gasteiger partial charge on any atom is -0.450 e. The van der Waals surface area contributed by atoms with Crippen molar-refractivity contribution in [2.24, 2.45) is 5.92 Å². The normalized spacial score (nSPS) is 27.3. The van der Waals surface area contributed by atoms with Gasteiger partial charge in [0.2, 0.25) is 5.91 Å². The van der Waals surface area contributed by atoms with E-state index in [2.05, 4.69) is 22.5 Å². The van der Waals surface area contributed by atoms with Gasteiger partial charge in [0, 0.05) is 25.2 Å². The molecule has 6 heteroatoms. The Bertz CT molecular complexity index is 414. The topological polar surface area (TPSA) is 70.7 Å². The second kappa shape index (κ2) is 9.25. The molecule has 138 valence electrons. The molecule has 2 N–H and O–H groups in total. The van der Waals surface area contributed by atoms with E-state index in [1.807, 2.05) is 6.92 Å². The first-order valence-electron chi connectivity index (χ1n) is 9.47. The summed E-state index contributed by atoms with van der Waals surface area (Å²) in [5.74, 6) is 0.938. The molecule has 1 saturated carbocycles. The van der Waals surface area contributed by atoms with Crippen molar-refractivity contribution in [3.63, 3.8) is 0 Å². The first kappa shape index (κ1) is 19.0. The van der Waals surface area contributed by atoms with Crippen LogP contribution in [0.1, 0.15) is 59.3 Å². The van der Waals surface area contributed by atoms with Crippen LogP contribution in [0.5, 0.6) is 0 Å². The summed E-state index contributed by atoms with van der Waals surface area (Å²) in [6.07, 6.45) is 6.01. The highest BCUT2D eigenvalue weighted by atomic mass is 16.5. The van der Waals surface area contributed by atoms with E-state index in [9.17, 15) is 9.59 Å². The molecule has 24 heavy (non-hydrogen) atoms. The molecule has 0 unspecified atom stereocenters. The average Bonchev–Trinajstić information content (AvgIpc) is 2.57. The number of nitrogens with zero attached hydrogens (tertiary/aromatic N) is 1. The fourth-order valence-electron chi connectivity index (χ4n) is 3.66. The lowest BCUT2D eigenvalue weighted by Gasteiger charge is -2.36. The van der Waals surface area contributed by atoms with Crippen LogP contribution in [0.4, 0.5) is 4.79 Å². The van der Waals surface area contributed by atoms with E-state index in [1.54, 1.807) is 6.92 Å². The van der Waals surface area contributed by atoms with Gasteiger partial charge in [-0.25, -0.2) is 4.79 Å². The number of alkyl carbamates (subject to hydrolysis) is 1. The fourth-order valence-corrected chi connectivity index (χ4v) is 3.66. The number of ether oxygens (including phenoxy) is 1. The standard InChI is InChI=1S/C18H33N3O3/c1-4-24-18(23)20-16-9-11-21(12-10-16)14(3)17(22)19-15-7-5-13(2)6-8-15/h13-16H,4-12H2,1-3H3,(H,19,22)(H,20,23)/t13?,14-,15?/m1/s1. The van der Waals surface area contributed by atoms with Gasteiger partial charge in [-0.1, -0.05) is 6.92 Å². The Morgan fingerprint density at radius 2 is 1.62 bits per heavy atom. The molecule has 2 aliphatic rings. The van der Waals surface area contributed by atoms with E-state index in [4.69, 9.17) is 4.74 Å². The summed E-state index contributed by atoms with van der Waals surface area (Å²) in [7, 11) is 0. The summed E-state index contributed by atoms with van der Waals surface area (Å²) in [4.78, 5) is 26.2. The summed E-state index contributed by atoms with van der Waals surface area (Å²) in [5, 5.41) is 6.12. The molecule has 1 saturated heterocycles. The number of hydrogen-bond donors (Lipinski definition) is 2. The number of hydrogen-bond acceptors (Lipinski definition) is 4. The minimum absolute atomic E-state index is 0.104. The highest BCUT2D eigenvalue weighted by Gasteiger charge is 2.29. The molecule has 0 aromatic rings. The van der Waals surface area contributed by atoms with Gasteiger partial charge >= 0.3 is 6.09 Å². The van der Waals surface area contributed by atoms with Crippen LogP contribution in [0.3, 0.4) is 0 Å². The lowest BCUT2D eigenvalue weighted by atomic mass is 9.87. The second-order valence-electron chi connectivity index (χ2n) is 7.32. The second-order valence-corrected chi connectivity index (χ2v) is 7.32. The molecule has 2 fully saturated rings. The third-order valence-electron chi connectivity index (χ3n) is 5.42. The van der Waals surface area contributed by atoms with E-state index in [1.165, 1.54) is 12.8 Å². The van der Waals surface area contributed by atoms with Gasteiger partial charge in [0.15, 0.2) is 0 Å². The Morgan fingerprint density at radius 1 is 1.04 bits per heavy atom. The zero-order valence-electron chi connectivity index (χ0n) is 15.3. The van der Waals surface area contributed by atoms with Crippen molar-refractivity contribution in [3.05, 3.63) is 0 Å². The molecule has 2 amide bonds. The van der Waals surface area contributed by atoms with Gasteiger partial charge in [-0.2, -0.15) is 0 Å². The van der Waals surface area contributed by atoms with Crippen molar-refractivity contribution >= 4 is 12.0 Å². The number of likely N-dealkylation sites (tertiary alicyclic amines) is 1. The molecular weight excluding hydrogens is 306 g/mol. The highest BCUT2D eigenvalue weighted by molar-refractivity contribution is 5.81. The summed E-state index contributed by atoms with van der Waals surface area (Å²) in [6.45, 7) is 8.12. The van der Waals surface area contributed by atoms with Crippen LogP contribution in [0.15, 0.2) is 0 Å². The zero-order chi connectivity index (χ0) is 17.5.